The minimum absolute atomic E-state index is 0.117. The van der Waals surface area contributed by atoms with Gasteiger partial charge in [0, 0.05) is 41.4 Å². The van der Waals surface area contributed by atoms with Gasteiger partial charge in [-0.25, -0.2) is 0 Å². The van der Waals surface area contributed by atoms with Gasteiger partial charge >= 0.3 is 0 Å². The first-order valence-corrected chi connectivity index (χ1v) is 14.3. The molecule has 202 valence electrons. The van der Waals surface area contributed by atoms with Crippen LogP contribution in [-0.4, -0.2) is 23.3 Å². The molecule has 0 radical (unpaired) electrons. The summed E-state index contributed by atoms with van der Waals surface area (Å²) in [5.41, 5.74) is 8.01. The van der Waals surface area contributed by atoms with E-state index in [9.17, 15) is 4.79 Å². The molecule has 2 aliphatic carbocycles. The Kier molecular flexibility index (Phi) is 6.57. The third-order valence-electron chi connectivity index (χ3n) is 8.38. The van der Waals surface area contributed by atoms with Gasteiger partial charge in [-0.3, -0.25) is 9.79 Å². The molecule has 1 fully saturated rings. The minimum Gasteiger partial charge on any atom is -0.493 e. The zero-order valence-corrected chi connectivity index (χ0v) is 23.5. The number of aromatic nitrogens is 1. The molecule has 39 heavy (non-hydrogen) atoms. The largest absolute Gasteiger partial charge is 0.493 e. The summed E-state index contributed by atoms with van der Waals surface area (Å²) in [5, 5.41) is 4.08. The third-order valence-corrected chi connectivity index (χ3v) is 8.38. The summed E-state index contributed by atoms with van der Waals surface area (Å²) in [6.45, 7) is 9.31. The van der Waals surface area contributed by atoms with Crippen molar-refractivity contribution in [3.8, 4) is 5.75 Å². The van der Waals surface area contributed by atoms with Gasteiger partial charge in [0.05, 0.1) is 24.4 Å². The van der Waals surface area contributed by atoms with Crippen LogP contribution in [0.1, 0.15) is 93.0 Å². The molecule has 0 bridgehead atoms. The normalized spacial score (nSPS) is 18.8. The zero-order valence-electron chi connectivity index (χ0n) is 23.5. The van der Waals surface area contributed by atoms with Crippen LogP contribution in [0.3, 0.4) is 0 Å². The summed E-state index contributed by atoms with van der Waals surface area (Å²) < 4.78 is 11.6. The van der Waals surface area contributed by atoms with Crippen LogP contribution in [0.25, 0.3) is 5.70 Å². The lowest BCUT2D eigenvalue weighted by Gasteiger charge is -2.16. The maximum absolute atomic E-state index is 12.7. The molecule has 0 saturated heterocycles. The Morgan fingerprint density at radius 2 is 1.87 bits per heavy atom. The van der Waals surface area contributed by atoms with Crippen molar-refractivity contribution >= 4 is 17.2 Å². The number of carbonyl (C=O) groups excluding carboxylic acids is 1. The van der Waals surface area contributed by atoms with Gasteiger partial charge in [-0.05, 0) is 59.7 Å². The Bertz CT molecular complexity index is 1450. The van der Waals surface area contributed by atoms with Crippen molar-refractivity contribution in [3.63, 3.8) is 0 Å². The second kappa shape index (κ2) is 9.93. The van der Waals surface area contributed by atoms with E-state index < -0.39 is 0 Å². The van der Waals surface area contributed by atoms with Gasteiger partial charge in [0.25, 0.3) is 0 Å². The lowest BCUT2D eigenvalue weighted by Crippen LogP contribution is -2.12. The number of hydrogen-bond acceptors (Lipinski definition) is 5. The molecular weight excluding hydrogens is 484 g/mol. The van der Waals surface area contributed by atoms with Gasteiger partial charge in [0.2, 0.25) is 0 Å². The van der Waals surface area contributed by atoms with Crippen molar-refractivity contribution in [2.24, 2.45) is 10.4 Å². The Labute approximate surface area is 231 Å². The molecule has 1 saturated carbocycles. The number of ketones is 1. The molecule has 0 N–H and O–H groups in total. The average Bonchev–Trinajstić information content (AvgIpc) is 3.19. The van der Waals surface area contributed by atoms with Gasteiger partial charge < -0.3 is 9.26 Å². The van der Waals surface area contributed by atoms with Crippen LogP contribution in [0.2, 0.25) is 0 Å². The van der Waals surface area contributed by atoms with Crippen molar-refractivity contribution in [1.82, 2.24) is 5.16 Å². The molecule has 2 heterocycles. The third kappa shape index (κ3) is 5.50. The van der Waals surface area contributed by atoms with Crippen molar-refractivity contribution in [1.29, 1.82) is 0 Å². The van der Waals surface area contributed by atoms with E-state index in [4.69, 9.17) is 14.3 Å². The quantitative estimate of drug-likeness (QED) is 0.278. The Balaban J connectivity index is 1.07. The van der Waals surface area contributed by atoms with Crippen molar-refractivity contribution in [2.45, 2.75) is 84.0 Å². The molecule has 0 amide bonds. The van der Waals surface area contributed by atoms with Crippen molar-refractivity contribution in [3.05, 3.63) is 88.3 Å². The highest BCUT2D eigenvalue weighted by molar-refractivity contribution is 6.05. The van der Waals surface area contributed by atoms with E-state index in [0.29, 0.717) is 17.5 Å². The molecule has 1 atom stereocenters. The average molecular weight is 523 g/mol. The van der Waals surface area contributed by atoms with Gasteiger partial charge in [0.15, 0.2) is 0 Å². The summed E-state index contributed by atoms with van der Waals surface area (Å²) in [6, 6.07) is 16.7. The first-order chi connectivity index (χ1) is 18.7. The lowest BCUT2D eigenvalue weighted by atomic mass is 9.93. The number of fused-ring (bicyclic) bond motifs is 3. The topological polar surface area (TPSA) is 64.7 Å². The van der Waals surface area contributed by atoms with Crippen LogP contribution in [0.5, 0.6) is 5.75 Å². The SMILES string of the molecule is CCCC1(COc2ccc3c(c2)CC2=NC(c4ccc(CC(=O)Cc5cc(C(C)(C)C)on5)cc4)=CC23)CC1. The van der Waals surface area contributed by atoms with E-state index >= 15 is 0 Å². The summed E-state index contributed by atoms with van der Waals surface area (Å²) in [5.74, 6) is 2.17. The van der Waals surface area contributed by atoms with E-state index in [-0.39, 0.29) is 23.5 Å². The fourth-order valence-corrected chi connectivity index (χ4v) is 5.86. The van der Waals surface area contributed by atoms with Crippen LogP contribution in [-0.2, 0) is 29.5 Å². The number of aliphatic imine (C=N–C) groups is 1. The summed E-state index contributed by atoms with van der Waals surface area (Å²) in [7, 11) is 0. The predicted molar refractivity (Wildman–Crippen MR) is 154 cm³/mol. The van der Waals surface area contributed by atoms with Gasteiger partial charge in [-0.15, -0.1) is 0 Å². The smallest absolute Gasteiger partial charge is 0.143 e. The lowest BCUT2D eigenvalue weighted by molar-refractivity contribution is -0.117. The molecule has 6 rings (SSSR count). The van der Waals surface area contributed by atoms with E-state index in [1.54, 1.807) is 0 Å². The summed E-state index contributed by atoms with van der Waals surface area (Å²) in [4.78, 5) is 17.7. The first kappa shape index (κ1) is 25.8. The highest BCUT2D eigenvalue weighted by atomic mass is 16.5. The standard InChI is InChI=1S/C34H38N2O3/c1-5-12-34(13-14-34)21-38-27-10-11-28-24(16-27)17-31-29(28)20-30(35-31)23-8-6-22(7-9-23)15-26(37)18-25-19-32(39-36-25)33(2,3)4/h6-11,16,19-20,29H,5,12-15,17-18,21H2,1-4H3. The Hall–Kier alpha value is -3.47. The number of nitrogens with zero attached hydrogens (tertiary/aromatic N) is 2. The van der Waals surface area contributed by atoms with Crippen LogP contribution >= 0.6 is 0 Å². The van der Waals surface area contributed by atoms with E-state index in [1.165, 1.54) is 42.5 Å². The van der Waals surface area contributed by atoms with Gasteiger partial charge in [-0.1, -0.05) is 69.6 Å². The first-order valence-electron chi connectivity index (χ1n) is 14.3. The second-order valence-electron chi connectivity index (χ2n) is 12.7. The maximum atomic E-state index is 12.7. The number of Topliss-reactive ketones (excluding diaryl/α,β-unsaturated/α-hetero) is 1. The highest BCUT2D eigenvalue weighted by Crippen LogP contribution is 2.50. The van der Waals surface area contributed by atoms with E-state index in [1.807, 2.05) is 18.2 Å². The predicted octanol–water partition coefficient (Wildman–Crippen LogP) is 7.42. The number of benzene rings is 2. The van der Waals surface area contributed by atoms with Gasteiger partial charge in [-0.2, -0.15) is 0 Å². The van der Waals surface area contributed by atoms with E-state index in [0.717, 1.165) is 41.4 Å². The van der Waals surface area contributed by atoms with Gasteiger partial charge in [0.1, 0.15) is 17.3 Å². The number of allylic oxidation sites excluding steroid dienone is 1. The molecule has 3 aliphatic rings. The molecule has 2 aromatic carbocycles. The molecule has 3 aromatic rings. The Morgan fingerprint density at radius 3 is 2.56 bits per heavy atom. The number of hydrogen-bond donors (Lipinski definition) is 0. The Morgan fingerprint density at radius 1 is 1.08 bits per heavy atom. The van der Waals surface area contributed by atoms with Crippen molar-refractivity contribution in [2.75, 3.05) is 6.61 Å². The summed E-state index contributed by atoms with van der Waals surface area (Å²) in [6.07, 6.45) is 8.92. The maximum Gasteiger partial charge on any atom is 0.143 e. The van der Waals surface area contributed by atoms with Crippen LogP contribution in [0, 0.1) is 5.41 Å². The molecule has 5 nitrogen and oxygen atoms in total. The molecule has 0 spiro atoms. The summed E-state index contributed by atoms with van der Waals surface area (Å²) >= 11 is 0. The molecule has 5 heteroatoms. The number of carbonyl (C=O) groups is 1. The fraction of sp³-hybridized carbons (Fsp3) is 0.441. The fourth-order valence-electron chi connectivity index (χ4n) is 5.86. The van der Waals surface area contributed by atoms with E-state index in [2.05, 4.69) is 69.3 Å². The number of ether oxygens (including phenoxy) is 1. The molecule has 1 aromatic heterocycles. The van der Waals surface area contributed by atoms with Crippen molar-refractivity contribution < 1.29 is 14.1 Å². The monoisotopic (exact) mass is 522 g/mol. The minimum atomic E-state index is -0.117. The molecular formula is C34H38N2O3. The van der Waals surface area contributed by atoms with Crippen LogP contribution in [0.15, 0.2) is 64.1 Å². The van der Waals surface area contributed by atoms with Crippen LogP contribution < -0.4 is 4.74 Å². The van der Waals surface area contributed by atoms with Crippen LogP contribution in [0.4, 0.5) is 0 Å². The molecule has 1 aliphatic heterocycles. The molecule has 1 unspecified atom stereocenters. The number of rotatable bonds is 10. The second-order valence-corrected chi connectivity index (χ2v) is 12.7. The zero-order chi connectivity index (χ0) is 27.2. The highest BCUT2D eigenvalue weighted by Gasteiger charge is 2.42.